The molecule has 108 valence electrons. The number of rotatable bonds is 3. The molecule has 3 rings (SSSR count). The lowest BCUT2D eigenvalue weighted by Crippen LogP contribution is -2.48. The fourth-order valence-corrected chi connectivity index (χ4v) is 3.31. The normalized spacial score (nSPS) is 29.4. The first kappa shape index (κ1) is 13.0. The number of hydrogen-bond donors (Lipinski definition) is 2. The summed E-state index contributed by atoms with van der Waals surface area (Å²) >= 11 is 0. The van der Waals surface area contributed by atoms with Crippen LogP contribution in [0.2, 0.25) is 0 Å². The fraction of sp³-hybridized carbons (Fsp3) is 0.667. The van der Waals surface area contributed by atoms with Gasteiger partial charge >= 0.3 is 5.82 Å². The minimum atomic E-state index is -0.598. The second-order valence-corrected chi connectivity index (χ2v) is 5.59. The van der Waals surface area contributed by atoms with Gasteiger partial charge in [0.25, 0.3) is 5.91 Å². The van der Waals surface area contributed by atoms with Crippen LogP contribution in [-0.2, 0) is 0 Å². The molecule has 1 amide bonds. The maximum Gasteiger partial charge on any atom is 0.343 e. The zero-order valence-corrected chi connectivity index (χ0v) is 11.2. The highest BCUT2D eigenvalue weighted by molar-refractivity contribution is 5.92. The van der Waals surface area contributed by atoms with Crippen LogP contribution in [-0.4, -0.2) is 51.1 Å². The monoisotopic (exact) mass is 279 g/mol. The number of aromatic amines is 1. The van der Waals surface area contributed by atoms with E-state index in [1.165, 1.54) is 18.9 Å². The van der Waals surface area contributed by atoms with Gasteiger partial charge in [-0.25, -0.2) is 0 Å². The smallest absolute Gasteiger partial charge is 0.343 e. The fourth-order valence-electron chi connectivity index (χ4n) is 3.31. The van der Waals surface area contributed by atoms with E-state index >= 15 is 0 Å². The van der Waals surface area contributed by atoms with Gasteiger partial charge in [-0.3, -0.25) is 4.79 Å². The van der Waals surface area contributed by atoms with Crippen molar-refractivity contribution in [3.63, 3.8) is 0 Å². The summed E-state index contributed by atoms with van der Waals surface area (Å²) in [4.78, 5) is 24.4. The summed E-state index contributed by atoms with van der Waals surface area (Å²) in [7, 11) is 2.14. The second kappa shape index (κ2) is 4.86. The third-order valence-corrected chi connectivity index (χ3v) is 4.43. The topological polar surface area (TPSA) is 104 Å². The number of fused-ring (bicyclic) bond motifs is 2. The molecule has 0 aliphatic carbocycles. The van der Waals surface area contributed by atoms with Crippen molar-refractivity contribution in [3.8, 4) is 0 Å². The van der Waals surface area contributed by atoms with E-state index in [-0.39, 0.29) is 23.5 Å². The molecule has 8 heteroatoms. The van der Waals surface area contributed by atoms with Crippen molar-refractivity contribution in [2.45, 2.75) is 43.8 Å². The Bertz CT molecular complexity index is 529. The number of piperidine rings is 1. The van der Waals surface area contributed by atoms with E-state index in [9.17, 15) is 14.9 Å². The van der Waals surface area contributed by atoms with E-state index in [2.05, 4.69) is 27.5 Å². The summed E-state index contributed by atoms with van der Waals surface area (Å²) in [5.41, 5.74) is 0.0722. The first-order valence-corrected chi connectivity index (χ1v) is 6.77. The van der Waals surface area contributed by atoms with Crippen molar-refractivity contribution in [2.24, 2.45) is 0 Å². The quantitative estimate of drug-likeness (QED) is 0.625. The van der Waals surface area contributed by atoms with Gasteiger partial charge in [0.2, 0.25) is 0 Å². The Hall–Kier alpha value is -1.96. The molecule has 8 nitrogen and oxygen atoms in total. The summed E-state index contributed by atoms with van der Waals surface area (Å²) in [5, 5.41) is 19.4. The zero-order valence-electron chi connectivity index (χ0n) is 11.2. The molecule has 20 heavy (non-hydrogen) atoms. The molecule has 2 atom stereocenters. The van der Waals surface area contributed by atoms with Crippen LogP contribution in [0.4, 0.5) is 5.82 Å². The van der Waals surface area contributed by atoms with Gasteiger partial charge in [-0.15, -0.1) is 5.10 Å². The van der Waals surface area contributed by atoms with Gasteiger partial charge in [-0.1, -0.05) is 5.10 Å². The van der Waals surface area contributed by atoms with Crippen LogP contribution in [0.1, 0.15) is 36.2 Å². The number of hydrogen-bond acceptors (Lipinski definition) is 5. The van der Waals surface area contributed by atoms with Gasteiger partial charge in [0.15, 0.2) is 5.69 Å². The molecule has 0 saturated carbocycles. The van der Waals surface area contributed by atoms with Crippen LogP contribution in [0.5, 0.6) is 0 Å². The van der Waals surface area contributed by atoms with Gasteiger partial charge in [0, 0.05) is 18.1 Å². The molecule has 2 bridgehead atoms. The first-order valence-electron chi connectivity index (χ1n) is 6.77. The lowest BCUT2D eigenvalue weighted by molar-refractivity contribution is -0.389. The lowest BCUT2D eigenvalue weighted by atomic mass is 9.98. The highest BCUT2D eigenvalue weighted by Gasteiger charge is 2.39. The predicted molar refractivity (Wildman–Crippen MR) is 70.3 cm³/mol. The van der Waals surface area contributed by atoms with Crippen molar-refractivity contribution in [3.05, 3.63) is 21.9 Å². The molecule has 1 aromatic heterocycles. The van der Waals surface area contributed by atoms with Crippen LogP contribution in [0.3, 0.4) is 0 Å². The van der Waals surface area contributed by atoms with Crippen molar-refractivity contribution in [2.75, 3.05) is 7.05 Å². The maximum atomic E-state index is 12.0. The highest BCUT2D eigenvalue weighted by atomic mass is 16.6. The van der Waals surface area contributed by atoms with Crippen LogP contribution in [0.25, 0.3) is 0 Å². The van der Waals surface area contributed by atoms with E-state index < -0.39 is 4.92 Å². The minimum Gasteiger partial charge on any atom is -0.358 e. The molecule has 0 radical (unpaired) electrons. The Morgan fingerprint density at radius 3 is 2.70 bits per heavy atom. The van der Waals surface area contributed by atoms with Gasteiger partial charge in [0.1, 0.15) is 0 Å². The van der Waals surface area contributed by atoms with Crippen LogP contribution in [0, 0.1) is 10.1 Å². The lowest BCUT2D eigenvalue weighted by Gasteiger charge is -2.36. The molecule has 2 aliphatic rings. The molecular formula is C12H17N5O3. The van der Waals surface area contributed by atoms with Crippen LogP contribution < -0.4 is 5.32 Å². The largest absolute Gasteiger partial charge is 0.358 e. The maximum absolute atomic E-state index is 12.0. The molecule has 2 unspecified atom stereocenters. The number of nitro groups is 1. The Labute approximate surface area is 115 Å². The van der Waals surface area contributed by atoms with Gasteiger partial charge in [0.05, 0.1) is 6.07 Å². The molecule has 2 aliphatic heterocycles. The third-order valence-electron chi connectivity index (χ3n) is 4.43. The van der Waals surface area contributed by atoms with E-state index in [0.717, 1.165) is 12.8 Å². The standard InChI is InChI=1S/C12H17N5O3/c1-16-8-2-3-9(16)5-7(4-8)13-12(18)10-6-11(15-14-10)17(19)20/h6-9H,2-5H2,1H3,(H,13,18)(H,14,15). The van der Waals surface area contributed by atoms with E-state index in [1.54, 1.807) is 0 Å². The Morgan fingerprint density at radius 2 is 2.15 bits per heavy atom. The van der Waals surface area contributed by atoms with Crippen molar-refractivity contribution in [1.82, 2.24) is 20.4 Å². The summed E-state index contributed by atoms with van der Waals surface area (Å²) in [6.07, 6.45) is 4.24. The number of carbonyl (C=O) groups excluding carboxylic acids is 1. The van der Waals surface area contributed by atoms with Crippen LogP contribution >= 0.6 is 0 Å². The Balaban J connectivity index is 1.63. The zero-order chi connectivity index (χ0) is 14.3. The Morgan fingerprint density at radius 1 is 1.50 bits per heavy atom. The summed E-state index contributed by atoms with van der Waals surface area (Å²) in [5.74, 6) is -0.609. The average molecular weight is 279 g/mol. The number of H-pyrrole nitrogens is 1. The Kier molecular flexibility index (Phi) is 3.17. The van der Waals surface area contributed by atoms with Crippen molar-refractivity contribution < 1.29 is 9.72 Å². The molecule has 1 aromatic rings. The second-order valence-electron chi connectivity index (χ2n) is 5.59. The summed E-state index contributed by atoms with van der Waals surface area (Å²) < 4.78 is 0. The average Bonchev–Trinajstić information content (AvgIpc) is 2.95. The highest BCUT2D eigenvalue weighted by Crippen LogP contribution is 2.34. The molecule has 2 N–H and O–H groups in total. The van der Waals surface area contributed by atoms with Gasteiger partial charge in [-0.2, -0.15) is 0 Å². The molecular weight excluding hydrogens is 262 g/mol. The van der Waals surface area contributed by atoms with Gasteiger partial charge < -0.3 is 20.3 Å². The molecule has 0 spiro atoms. The van der Waals surface area contributed by atoms with Crippen molar-refractivity contribution >= 4 is 11.7 Å². The number of aromatic nitrogens is 2. The summed E-state index contributed by atoms with van der Waals surface area (Å²) in [6, 6.07) is 2.37. The first-order chi connectivity index (χ1) is 9.54. The van der Waals surface area contributed by atoms with Crippen molar-refractivity contribution in [1.29, 1.82) is 0 Å². The van der Waals surface area contributed by atoms with Crippen LogP contribution in [0.15, 0.2) is 6.07 Å². The molecule has 2 saturated heterocycles. The minimum absolute atomic E-state index is 0.0722. The molecule has 0 aromatic carbocycles. The number of nitrogens with one attached hydrogen (secondary N) is 2. The number of nitrogens with zero attached hydrogens (tertiary/aromatic N) is 3. The molecule has 2 fully saturated rings. The predicted octanol–water partition coefficient (Wildman–Crippen LogP) is 0.673. The van der Waals surface area contributed by atoms with E-state index in [4.69, 9.17) is 0 Å². The number of amides is 1. The van der Waals surface area contributed by atoms with E-state index in [1.807, 2.05) is 0 Å². The van der Waals surface area contributed by atoms with Gasteiger partial charge in [-0.05, 0) is 37.7 Å². The third kappa shape index (κ3) is 2.26. The summed E-state index contributed by atoms with van der Waals surface area (Å²) in [6.45, 7) is 0. The number of carbonyl (C=O) groups is 1. The molecule has 3 heterocycles. The van der Waals surface area contributed by atoms with E-state index in [0.29, 0.717) is 12.1 Å². The SMILES string of the molecule is CN1C2CCC1CC(NC(=O)c1cc([N+](=O)[O-])[nH]n1)C2.